The summed E-state index contributed by atoms with van der Waals surface area (Å²) in [6.45, 7) is 0.838. The first-order valence-electron chi connectivity index (χ1n) is 7.23. The number of amides is 1. The summed E-state index contributed by atoms with van der Waals surface area (Å²) >= 11 is 11.8. The van der Waals surface area contributed by atoms with Gasteiger partial charge in [0.15, 0.2) is 6.61 Å². The lowest BCUT2D eigenvalue weighted by Crippen LogP contribution is -2.34. The third-order valence-corrected chi connectivity index (χ3v) is 3.82. The standard InChI is InChI=1S/C16H17Cl2NO4/c17-12-5-3-11(14(18)8-12)4-6-16(21)23-10-15(20)19-9-13-2-1-7-22-13/h3-6,8,13H,1-2,7,9-10H2,(H,19,20)/b6-4+. The maximum atomic E-state index is 11.6. The Hall–Kier alpha value is -1.56. The van der Waals surface area contributed by atoms with E-state index in [-0.39, 0.29) is 18.6 Å². The molecule has 0 radical (unpaired) electrons. The van der Waals surface area contributed by atoms with Gasteiger partial charge in [0.2, 0.25) is 0 Å². The summed E-state index contributed by atoms with van der Waals surface area (Å²) in [6.07, 6.45) is 4.72. The van der Waals surface area contributed by atoms with Crippen molar-refractivity contribution in [1.29, 1.82) is 0 Å². The van der Waals surface area contributed by atoms with Crippen molar-refractivity contribution in [2.45, 2.75) is 18.9 Å². The largest absolute Gasteiger partial charge is 0.452 e. The van der Waals surface area contributed by atoms with E-state index in [0.717, 1.165) is 19.4 Å². The van der Waals surface area contributed by atoms with Crippen LogP contribution in [0.3, 0.4) is 0 Å². The molecule has 0 saturated carbocycles. The van der Waals surface area contributed by atoms with Crippen molar-refractivity contribution >= 4 is 41.2 Å². The molecule has 5 nitrogen and oxygen atoms in total. The summed E-state index contributed by atoms with van der Waals surface area (Å²) in [5, 5.41) is 3.61. The Balaban J connectivity index is 1.71. The van der Waals surface area contributed by atoms with Crippen molar-refractivity contribution in [2.75, 3.05) is 19.8 Å². The molecule has 0 aromatic heterocycles. The normalized spacial score (nSPS) is 17.4. The Morgan fingerprint density at radius 3 is 2.91 bits per heavy atom. The van der Waals surface area contributed by atoms with E-state index in [2.05, 4.69) is 5.32 Å². The van der Waals surface area contributed by atoms with Crippen LogP contribution in [0.2, 0.25) is 10.0 Å². The van der Waals surface area contributed by atoms with E-state index < -0.39 is 5.97 Å². The summed E-state index contributed by atoms with van der Waals surface area (Å²) in [4.78, 5) is 23.1. The molecule has 23 heavy (non-hydrogen) atoms. The summed E-state index contributed by atoms with van der Waals surface area (Å²) < 4.78 is 10.2. The molecule has 7 heteroatoms. The van der Waals surface area contributed by atoms with Gasteiger partial charge in [-0.2, -0.15) is 0 Å². The average Bonchev–Trinajstić information content (AvgIpc) is 3.03. The zero-order valence-corrected chi connectivity index (χ0v) is 13.9. The number of carbonyl (C=O) groups is 2. The van der Waals surface area contributed by atoms with Crippen LogP contribution < -0.4 is 5.32 Å². The SMILES string of the molecule is O=C(COC(=O)/C=C/c1ccc(Cl)cc1Cl)NCC1CCCO1. The van der Waals surface area contributed by atoms with Gasteiger partial charge < -0.3 is 14.8 Å². The highest BCUT2D eigenvalue weighted by Crippen LogP contribution is 2.21. The molecule has 0 aliphatic carbocycles. The molecule has 1 aromatic rings. The lowest BCUT2D eigenvalue weighted by molar-refractivity contribution is -0.143. The molecule has 1 unspecified atom stereocenters. The maximum absolute atomic E-state index is 11.6. The monoisotopic (exact) mass is 357 g/mol. The van der Waals surface area contributed by atoms with Crippen molar-refractivity contribution in [3.8, 4) is 0 Å². The minimum absolute atomic E-state index is 0.0570. The molecule has 1 saturated heterocycles. The fourth-order valence-corrected chi connectivity index (χ4v) is 2.53. The highest BCUT2D eigenvalue weighted by molar-refractivity contribution is 6.35. The minimum atomic E-state index is -0.622. The number of nitrogens with one attached hydrogen (secondary N) is 1. The number of hydrogen-bond acceptors (Lipinski definition) is 4. The number of carbonyl (C=O) groups excluding carboxylic acids is 2. The molecule has 1 atom stereocenters. The van der Waals surface area contributed by atoms with Crippen molar-refractivity contribution in [2.24, 2.45) is 0 Å². The van der Waals surface area contributed by atoms with Gasteiger partial charge in [0.05, 0.1) is 6.10 Å². The summed E-state index contributed by atoms with van der Waals surface area (Å²) in [6, 6.07) is 4.92. The Morgan fingerprint density at radius 1 is 1.39 bits per heavy atom. The predicted molar refractivity (Wildman–Crippen MR) is 88.4 cm³/mol. The number of ether oxygens (including phenoxy) is 2. The third kappa shape index (κ3) is 6.22. The molecule has 1 aromatic carbocycles. The zero-order valence-electron chi connectivity index (χ0n) is 12.4. The Bertz CT molecular complexity index is 598. The van der Waals surface area contributed by atoms with Crippen LogP contribution in [0.5, 0.6) is 0 Å². The van der Waals surface area contributed by atoms with Crippen LogP contribution in [0.1, 0.15) is 18.4 Å². The second kappa shape index (κ2) is 8.91. The van der Waals surface area contributed by atoms with E-state index >= 15 is 0 Å². The smallest absolute Gasteiger partial charge is 0.331 e. The van der Waals surface area contributed by atoms with Crippen molar-refractivity contribution in [3.63, 3.8) is 0 Å². The van der Waals surface area contributed by atoms with Gasteiger partial charge in [0.1, 0.15) is 0 Å². The minimum Gasteiger partial charge on any atom is -0.452 e. The van der Waals surface area contributed by atoms with Crippen molar-refractivity contribution in [1.82, 2.24) is 5.32 Å². The lowest BCUT2D eigenvalue weighted by Gasteiger charge is -2.10. The number of esters is 1. The van der Waals surface area contributed by atoms with Gasteiger partial charge in [-0.3, -0.25) is 4.79 Å². The molecule has 0 spiro atoms. The second-order valence-corrected chi connectivity index (χ2v) is 5.89. The van der Waals surface area contributed by atoms with Crippen molar-refractivity contribution in [3.05, 3.63) is 39.9 Å². The molecular formula is C16H17Cl2NO4. The van der Waals surface area contributed by atoms with Crippen LogP contribution >= 0.6 is 23.2 Å². The number of rotatable bonds is 6. The highest BCUT2D eigenvalue weighted by Gasteiger charge is 2.16. The lowest BCUT2D eigenvalue weighted by atomic mass is 10.2. The van der Waals surface area contributed by atoms with E-state index in [1.807, 2.05) is 0 Å². The molecule has 1 N–H and O–H groups in total. The molecule has 124 valence electrons. The fourth-order valence-electron chi connectivity index (χ4n) is 2.06. The van der Waals surface area contributed by atoms with E-state index in [1.54, 1.807) is 18.2 Å². The van der Waals surface area contributed by atoms with E-state index in [0.29, 0.717) is 22.2 Å². The number of hydrogen-bond donors (Lipinski definition) is 1. The Labute approximate surface area is 144 Å². The van der Waals surface area contributed by atoms with E-state index in [9.17, 15) is 9.59 Å². The third-order valence-electron chi connectivity index (χ3n) is 3.26. The van der Waals surface area contributed by atoms with Gasteiger partial charge in [-0.05, 0) is 36.6 Å². The Kier molecular flexibility index (Phi) is 6.89. The van der Waals surface area contributed by atoms with Crippen LogP contribution in [0.4, 0.5) is 0 Å². The van der Waals surface area contributed by atoms with Gasteiger partial charge in [-0.25, -0.2) is 4.79 Å². The van der Waals surface area contributed by atoms with E-state index in [4.69, 9.17) is 32.7 Å². The highest BCUT2D eigenvalue weighted by atomic mass is 35.5. The molecular weight excluding hydrogens is 341 g/mol. The average molecular weight is 358 g/mol. The number of halogens is 2. The molecule has 1 amide bonds. The first-order valence-corrected chi connectivity index (χ1v) is 7.98. The van der Waals surface area contributed by atoms with Gasteiger partial charge in [-0.15, -0.1) is 0 Å². The maximum Gasteiger partial charge on any atom is 0.331 e. The summed E-state index contributed by atoms with van der Waals surface area (Å²) in [7, 11) is 0. The molecule has 2 rings (SSSR count). The van der Waals surface area contributed by atoms with Crippen molar-refractivity contribution < 1.29 is 19.1 Å². The number of benzene rings is 1. The van der Waals surface area contributed by atoms with Gasteiger partial charge >= 0.3 is 5.97 Å². The summed E-state index contributed by atoms with van der Waals surface area (Å²) in [5.41, 5.74) is 0.635. The van der Waals surface area contributed by atoms with Crippen LogP contribution in [-0.2, 0) is 19.1 Å². The second-order valence-electron chi connectivity index (χ2n) is 5.05. The first kappa shape index (κ1) is 17.8. The van der Waals surface area contributed by atoms with Crippen LogP contribution in [0, 0.1) is 0 Å². The molecule has 1 aliphatic heterocycles. The fraction of sp³-hybridized carbons (Fsp3) is 0.375. The molecule has 1 aliphatic rings. The predicted octanol–water partition coefficient (Wildman–Crippen LogP) is 2.85. The quantitative estimate of drug-likeness (QED) is 0.627. The van der Waals surface area contributed by atoms with Gasteiger partial charge in [-0.1, -0.05) is 29.3 Å². The van der Waals surface area contributed by atoms with Gasteiger partial charge in [0, 0.05) is 29.3 Å². The van der Waals surface area contributed by atoms with Crippen LogP contribution in [0.25, 0.3) is 6.08 Å². The van der Waals surface area contributed by atoms with Crippen LogP contribution in [-0.4, -0.2) is 37.7 Å². The van der Waals surface area contributed by atoms with Gasteiger partial charge in [0.25, 0.3) is 5.91 Å². The van der Waals surface area contributed by atoms with E-state index in [1.165, 1.54) is 12.2 Å². The topological polar surface area (TPSA) is 64.6 Å². The summed E-state index contributed by atoms with van der Waals surface area (Å²) in [5.74, 6) is -0.977. The molecule has 1 fully saturated rings. The molecule has 0 bridgehead atoms. The van der Waals surface area contributed by atoms with Crippen LogP contribution in [0.15, 0.2) is 24.3 Å². The first-order chi connectivity index (χ1) is 11.0. The zero-order chi connectivity index (χ0) is 16.7. The Morgan fingerprint density at radius 2 is 2.22 bits per heavy atom. The molecule has 1 heterocycles.